The number of methoxy groups -OCH3 is 1. The minimum atomic E-state index is -0.725. The highest BCUT2D eigenvalue weighted by atomic mass is 35.5. The molecule has 12 heteroatoms. The predicted molar refractivity (Wildman–Crippen MR) is 148 cm³/mol. The van der Waals surface area contributed by atoms with E-state index in [1.54, 1.807) is 36.5 Å². The zero-order valence-electron chi connectivity index (χ0n) is 21.5. The van der Waals surface area contributed by atoms with Gasteiger partial charge in [0.25, 0.3) is 11.5 Å². The lowest BCUT2D eigenvalue weighted by atomic mass is 9.99. The molecule has 0 spiro atoms. The van der Waals surface area contributed by atoms with Gasteiger partial charge in [0.2, 0.25) is 0 Å². The van der Waals surface area contributed by atoms with Crippen LogP contribution < -0.4 is 15.6 Å². The van der Waals surface area contributed by atoms with Gasteiger partial charge < -0.3 is 14.6 Å². The van der Waals surface area contributed by atoms with Crippen LogP contribution in [0.5, 0.6) is 5.75 Å². The van der Waals surface area contributed by atoms with Crippen molar-refractivity contribution in [3.05, 3.63) is 86.8 Å². The Balaban J connectivity index is 1.72. The van der Waals surface area contributed by atoms with Crippen molar-refractivity contribution in [2.24, 2.45) is 0 Å². The number of carbonyl (C=O) groups excluding carboxylic acids is 2. The average molecular weight is 569 g/mol. The van der Waals surface area contributed by atoms with Gasteiger partial charge in [-0.2, -0.15) is 0 Å². The second-order valence-corrected chi connectivity index (χ2v) is 9.55. The smallest absolute Gasteiger partial charge is 0.269 e. The molecule has 0 radical (unpaired) electrons. The maximum atomic E-state index is 13.5. The van der Waals surface area contributed by atoms with Crippen LogP contribution in [0, 0.1) is 0 Å². The van der Waals surface area contributed by atoms with Gasteiger partial charge in [0, 0.05) is 41.9 Å². The topological polar surface area (TPSA) is 121 Å². The van der Waals surface area contributed by atoms with Crippen molar-refractivity contribution >= 4 is 34.9 Å². The summed E-state index contributed by atoms with van der Waals surface area (Å²) >= 11 is 12.3. The number of carbonyl (C=O) groups is 2. The SMILES string of the molecule is CCC[C@@H](C(=O)Cc1ccc(C(=O)NC)nc1)n1cc(OC)c(-c2cc(Cl)ccc2-n2cc(Cl)nn2)cc1=O. The number of ether oxygens (including phenoxy) is 1. The highest BCUT2D eigenvalue weighted by molar-refractivity contribution is 6.31. The van der Waals surface area contributed by atoms with E-state index in [0.29, 0.717) is 46.0 Å². The third-order valence-electron chi connectivity index (χ3n) is 6.16. The molecule has 4 aromatic rings. The molecule has 0 fully saturated rings. The first-order valence-electron chi connectivity index (χ1n) is 12.1. The molecule has 202 valence electrons. The second kappa shape index (κ2) is 12.2. The third-order valence-corrected chi connectivity index (χ3v) is 6.57. The summed E-state index contributed by atoms with van der Waals surface area (Å²) in [5, 5.41) is 11.0. The highest BCUT2D eigenvalue weighted by Gasteiger charge is 2.24. The van der Waals surface area contributed by atoms with E-state index in [4.69, 9.17) is 27.9 Å². The Labute approximate surface area is 234 Å². The van der Waals surface area contributed by atoms with Gasteiger partial charge >= 0.3 is 0 Å². The summed E-state index contributed by atoms with van der Waals surface area (Å²) in [5.41, 5.74) is 2.14. The quantitative estimate of drug-likeness (QED) is 0.302. The summed E-state index contributed by atoms with van der Waals surface area (Å²) in [6.07, 6.45) is 5.75. The molecule has 3 aromatic heterocycles. The first-order valence-corrected chi connectivity index (χ1v) is 12.9. The minimum Gasteiger partial charge on any atom is -0.495 e. The number of aromatic nitrogens is 5. The molecule has 0 aliphatic rings. The van der Waals surface area contributed by atoms with Crippen molar-refractivity contribution in [3.63, 3.8) is 0 Å². The van der Waals surface area contributed by atoms with Gasteiger partial charge in [0.15, 0.2) is 10.9 Å². The Morgan fingerprint density at radius 3 is 2.51 bits per heavy atom. The third kappa shape index (κ3) is 6.18. The Morgan fingerprint density at radius 1 is 1.10 bits per heavy atom. The number of Topliss-reactive ketones (excluding diaryl/α,β-unsaturated/α-hetero) is 1. The van der Waals surface area contributed by atoms with Crippen LogP contribution in [0.2, 0.25) is 10.2 Å². The maximum absolute atomic E-state index is 13.5. The van der Waals surface area contributed by atoms with Crippen molar-refractivity contribution in [3.8, 4) is 22.6 Å². The zero-order valence-corrected chi connectivity index (χ0v) is 23.0. The van der Waals surface area contributed by atoms with Crippen LogP contribution in [0.3, 0.4) is 0 Å². The van der Waals surface area contributed by atoms with E-state index < -0.39 is 6.04 Å². The normalized spacial score (nSPS) is 11.7. The fourth-order valence-corrected chi connectivity index (χ4v) is 4.57. The van der Waals surface area contributed by atoms with Gasteiger partial charge in [-0.25, -0.2) is 4.68 Å². The summed E-state index contributed by atoms with van der Waals surface area (Å²) in [5.74, 6) is -0.107. The molecule has 0 saturated carbocycles. The molecule has 1 N–H and O–H groups in total. The summed E-state index contributed by atoms with van der Waals surface area (Å²) in [6, 6.07) is 9.06. The molecule has 0 unspecified atom stereocenters. The molecule has 0 bridgehead atoms. The van der Waals surface area contributed by atoms with Crippen molar-refractivity contribution in [2.45, 2.75) is 32.2 Å². The van der Waals surface area contributed by atoms with Crippen LogP contribution in [0.25, 0.3) is 16.8 Å². The Morgan fingerprint density at radius 2 is 1.90 bits per heavy atom. The van der Waals surface area contributed by atoms with Gasteiger partial charge in [-0.05, 0) is 36.2 Å². The van der Waals surface area contributed by atoms with Crippen molar-refractivity contribution in [1.29, 1.82) is 0 Å². The number of hydrogen-bond acceptors (Lipinski definition) is 7. The lowest BCUT2D eigenvalue weighted by Crippen LogP contribution is -2.30. The first kappa shape index (κ1) is 28.0. The molecule has 0 aliphatic carbocycles. The molecular weight excluding hydrogens is 543 g/mol. The van der Waals surface area contributed by atoms with Gasteiger partial charge in [-0.3, -0.25) is 19.4 Å². The van der Waals surface area contributed by atoms with Crippen LogP contribution >= 0.6 is 23.2 Å². The number of nitrogens with zero attached hydrogens (tertiary/aromatic N) is 5. The Kier molecular flexibility index (Phi) is 8.78. The van der Waals surface area contributed by atoms with Crippen LogP contribution in [0.1, 0.15) is 41.9 Å². The number of nitrogens with one attached hydrogen (secondary N) is 1. The number of rotatable bonds is 10. The molecule has 39 heavy (non-hydrogen) atoms. The number of ketones is 1. The number of benzene rings is 1. The molecule has 10 nitrogen and oxygen atoms in total. The number of amides is 1. The van der Waals surface area contributed by atoms with Crippen molar-refractivity contribution < 1.29 is 14.3 Å². The van der Waals surface area contributed by atoms with Crippen molar-refractivity contribution in [2.75, 3.05) is 14.2 Å². The van der Waals surface area contributed by atoms with E-state index in [-0.39, 0.29) is 34.5 Å². The second-order valence-electron chi connectivity index (χ2n) is 8.73. The van der Waals surface area contributed by atoms with E-state index in [0.717, 1.165) is 0 Å². The molecule has 1 amide bonds. The zero-order chi connectivity index (χ0) is 28.1. The van der Waals surface area contributed by atoms with Crippen molar-refractivity contribution in [1.82, 2.24) is 29.9 Å². The van der Waals surface area contributed by atoms with E-state index in [2.05, 4.69) is 20.6 Å². The largest absolute Gasteiger partial charge is 0.495 e. The van der Waals surface area contributed by atoms with Gasteiger partial charge in [-0.1, -0.05) is 47.8 Å². The summed E-state index contributed by atoms with van der Waals surface area (Å²) in [6.45, 7) is 1.94. The predicted octanol–water partition coefficient (Wildman–Crippen LogP) is 4.32. The number of hydrogen-bond donors (Lipinski definition) is 1. The first-order chi connectivity index (χ1) is 18.7. The average Bonchev–Trinajstić information content (AvgIpc) is 3.37. The number of pyridine rings is 2. The molecule has 3 heterocycles. The standard InChI is InChI=1S/C27H26Cl2N6O4/c1-4-5-22(23(36)10-16-6-8-20(31-13-16)27(38)30-2)34-14-24(39-3)19(12-26(34)37)18-11-17(28)7-9-21(18)35-15-25(29)32-33-35/h6-9,11-15,22H,4-5,10H2,1-3H3,(H,30,38)/t22-/m0/s1. The molecule has 4 rings (SSSR count). The fourth-order valence-electron chi connectivity index (χ4n) is 4.27. The van der Waals surface area contributed by atoms with Crippen LogP contribution in [-0.2, 0) is 11.2 Å². The molecular formula is C27H26Cl2N6O4. The van der Waals surface area contributed by atoms with Gasteiger partial charge in [0.1, 0.15) is 11.4 Å². The monoisotopic (exact) mass is 568 g/mol. The number of halogens is 2. The van der Waals surface area contributed by atoms with Gasteiger partial charge in [-0.15, -0.1) is 5.10 Å². The van der Waals surface area contributed by atoms with E-state index >= 15 is 0 Å². The maximum Gasteiger partial charge on any atom is 0.269 e. The Hall–Kier alpha value is -4.02. The lowest BCUT2D eigenvalue weighted by Gasteiger charge is -2.21. The fraction of sp³-hybridized carbons (Fsp3) is 0.259. The van der Waals surface area contributed by atoms with Crippen LogP contribution in [-0.4, -0.2) is 50.4 Å². The van der Waals surface area contributed by atoms with E-state index in [1.165, 1.54) is 41.9 Å². The molecule has 0 aliphatic heterocycles. The highest BCUT2D eigenvalue weighted by Crippen LogP contribution is 2.35. The van der Waals surface area contributed by atoms with E-state index in [1.807, 2.05) is 6.92 Å². The van der Waals surface area contributed by atoms with E-state index in [9.17, 15) is 14.4 Å². The summed E-state index contributed by atoms with van der Waals surface area (Å²) in [7, 11) is 3.01. The minimum absolute atomic E-state index is 0.0493. The van der Waals surface area contributed by atoms with Crippen LogP contribution in [0.15, 0.2) is 59.8 Å². The lowest BCUT2D eigenvalue weighted by molar-refractivity contribution is -0.121. The van der Waals surface area contributed by atoms with Gasteiger partial charge in [0.05, 0.1) is 31.2 Å². The molecule has 0 saturated heterocycles. The van der Waals surface area contributed by atoms with Crippen LogP contribution in [0.4, 0.5) is 0 Å². The molecule has 1 atom stereocenters. The molecule has 1 aromatic carbocycles. The Bertz CT molecular complexity index is 1570. The summed E-state index contributed by atoms with van der Waals surface area (Å²) in [4.78, 5) is 42.8. The summed E-state index contributed by atoms with van der Waals surface area (Å²) < 4.78 is 8.55.